The maximum Gasteiger partial charge on any atom is 0.248 e. The van der Waals surface area contributed by atoms with Crippen LogP contribution >= 0.6 is 0 Å². The van der Waals surface area contributed by atoms with Gasteiger partial charge >= 0.3 is 0 Å². The minimum atomic E-state index is -0.977. The van der Waals surface area contributed by atoms with Crippen LogP contribution in [0.2, 0.25) is 0 Å². The van der Waals surface area contributed by atoms with Crippen LogP contribution in [0.15, 0.2) is 53.1 Å². The largest absolute Gasteiger partial charge is 0.497 e. The molecule has 3 amide bonds. The van der Waals surface area contributed by atoms with Crippen LogP contribution in [-0.2, 0) is 14.4 Å². The van der Waals surface area contributed by atoms with Gasteiger partial charge in [0.1, 0.15) is 17.6 Å². The van der Waals surface area contributed by atoms with Gasteiger partial charge in [-0.25, -0.2) is 0 Å². The molecule has 1 heterocycles. The van der Waals surface area contributed by atoms with Crippen molar-refractivity contribution in [2.75, 3.05) is 17.3 Å². The van der Waals surface area contributed by atoms with Gasteiger partial charge < -0.3 is 19.9 Å². The molecule has 0 spiro atoms. The van der Waals surface area contributed by atoms with Crippen molar-refractivity contribution in [3.63, 3.8) is 0 Å². The second kappa shape index (κ2) is 11.9. The lowest BCUT2D eigenvalue weighted by Crippen LogP contribution is -2.49. The average molecular weight is 521 g/mol. The lowest BCUT2D eigenvalue weighted by molar-refractivity contribution is -0.128. The molecule has 0 fully saturated rings. The van der Waals surface area contributed by atoms with Crippen molar-refractivity contribution in [2.24, 2.45) is 0 Å². The Bertz CT molecular complexity index is 1290. The van der Waals surface area contributed by atoms with E-state index in [0.29, 0.717) is 22.8 Å². The highest BCUT2D eigenvalue weighted by Gasteiger charge is 2.35. The minimum absolute atomic E-state index is 0.0949. The minimum Gasteiger partial charge on any atom is -0.497 e. The zero-order chi connectivity index (χ0) is 28.0. The molecule has 0 aliphatic carbocycles. The van der Waals surface area contributed by atoms with Gasteiger partial charge in [-0.3, -0.25) is 19.3 Å². The van der Waals surface area contributed by atoms with Crippen LogP contribution in [-0.4, -0.2) is 35.5 Å². The van der Waals surface area contributed by atoms with Gasteiger partial charge in [0, 0.05) is 30.1 Å². The Morgan fingerprint density at radius 1 is 1.00 bits per heavy atom. The Morgan fingerprint density at radius 3 is 2.24 bits per heavy atom. The van der Waals surface area contributed by atoms with Crippen molar-refractivity contribution in [1.82, 2.24) is 10.5 Å². The first kappa shape index (κ1) is 28.4. The fourth-order valence-corrected chi connectivity index (χ4v) is 4.11. The second-order valence-electron chi connectivity index (χ2n) is 10.3. The fraction of sp³-hybridized carbons (Fsp3) is 0.379. The Labute approximate surface area is 223 Å². The lowest BCUT2D eigenvalue weighted by Gasteiger charge is -2.34. The third kappa shape index (κ3) is 7.44. The SMILES string of the molecule is COc1ccc(C(C(=O)NC(C)(C)C)N(C(=O)CCC(=O)Nc2cc(C)on2)c2ccc(C)cc2C)cc1. The van der Waals surface area contributed by atoms with Crippen LogP contribution < -0.4 is 20.3 Å². The Kier molecular flexibility index (Phi) is 8.93. The van der Waals surface area contributed by atoms with Crippen LogP contribution in [0.3, 0.4) is 0 Å². The van der Waals surface area contributed by atoms with Gasteiger partial charge in [0.2, 0.25) is 17.7 Å². The molecule has 38 heavy (non-hydrogen) atoms. The summed E-state index contributed by atoms with van der Waals surface area (Å²) in [5, 5.41) is 9.41. The Morgan fingerprint density at radius 2 is 1.68 bits per heavy atom. The molecule has 0 saturated heterocycles. The van der Waals surface area contributed by atoms with Crippen molar-refractivity contribution in [1.29, 1.82) is 0 Å². The molecule has 0 aliphatic rings. The zero-order valence-corrected chi connectivity index (χ0v) is 23.0. The quantitative estimate of drug-likeness (QED) is 0.410. The van der Waals surface area contributed by atoms with Gasteiger partial charge in [-0.1, -0.05) is 35.0 Å². The van der Waals surface area contributed by atoms with Gasteiger partial charge in [0.25, 0.3) is 0 Å². The van der Waals surface area contributed by atoms with E-state index >= 15 is 0 Å². The Balaban J connectivity index is 2.00. The van der Waals surface area contributed by atoms with E-state index in [4.69, 9.17) is 9.26 Å². The van der Waals surface area contributed by atoms with Crippen LogP contribution in [0.25, 0.3) is 0 Å². The smallest absolute Gasteiger partial charge is 0.248 e. The number of nitrogens with one attached hydrogen (secondary N) is 2. The van der Waals surface area contributed by atoms with E-state index in [-0.39, 0.29) is 36.4 Å². The number of methoxy groups -OCH3 is 1. The molecule has 0 radical (unpaired) electrons. The second-order valence-corrected chi connectivity index (χ2v) is 10.3. The van der Waals surface area contributed by atoms with Crippen molar-refractivity contribution < 1.29 is 23.6 Å². The van der Waals surface area contributed by atoms with Crippen LogP contribution in [0.5, 0.6) is 5.75 Å². The number of nitrogens with zero attached hydrogens (tertiary/aromatic N) is 2. The summed E-state index contributed by atoms with van der Waals surface area (Å²) in [6.07, 6.45) is -0.214. The third-order valence-corrected chi connectivity index (χ3v) is 5.78. The average Bonchev–Trinajstić information content (AvgIpc) is 3.24. The molecule has 1 unspecified atom stereocenters. The molecule has 3 aromatic rings. The van der Waals surface area contributed by atoms with Crippen LogP contribution in [0, 0.1) is 20.8 Å². The van der Waals surface area contributed by atoms with Crippen molar-refractivity contribution in [3.8, 4) is 5.75 Å². The van der Waals surface area contributed by atoms with E-state index in [1.54, 1.807) is 44.4 Å². The van der Waals surface area contributed by atoms with Gasteiger partial charge in [-0.2, -0.15) is 0 Å². The molecule has 0 aliphatic heterocycles. The molecule has 1 atom stereocenters. The van der Waals surface area contributed by atoms with Crippen molar-refractivity contribution >= 4 is 29.2 Å². The highest BCUT2D eigenvalue weighted by atomic mass is 16.5. The number of rotatable bonds is 9. The molecule has 9 heteroatoms. The van der Waals surface area contributed by atoms with E-state index < -0.39 is 11.6 Å². The lowest BCUT2D eigenvalue weighted by atomic mass is 9.98. The number of hydrogen-bond acceptors (Lipinski definition) is 6. The first-order valence-electron chi connectivity index (χ1n) is 12.5. The van der Waals surface area contributed by atoms with Crippen LogP contribution in [0.4, 0.5) is 11.5 Å². The van der Waals surface area contributed by atoms with E-state index in [0.717, 1.165) is 11.1 Å². The molecule has 2 N–H and O–H groups in total. The first-order chi connectivity index (χ1) is 17.9. The van der Waals surface area contributed by atoms with Crippen molar-refractivity contribution in [3.05, 3.63) is 71.0 Å². The summed E-state index contributed by atoms with van der Waals surface area (Å²) in [6.45, 7) is 11.2. The summed E-state index contributed by atoms with van der Waals surface area (Å²) in [7, 11) is 1.57. The molecule has 1 aromatic heterocycles. The molecule has 0 bridgehead atoms. The molecule has 0 saturated carbocycles. The van der Waals surface area contributed by atoms with E-state index in [2.05, 4.69) is 15.8 Å². The number of anilines is 2. The number of amides is 3. The van der Waals surface area contributed by atoms with Crippen molar-refractivity contribution in [2.45, 2.75) is 66.0 Å². The number of ether oxygens (including phenoxy) is 1. The normalized spacial score (nSPS) is 12.0. The number of carbonyl (C=O) groups excluding carboxylic acids is 3. The molecule has 202 valence electrons. The van der Waals surface area contributed by atoms with Gasteiger partial charge in [0.15, 0.2) is 5.82 Å². The summed E-state index contributed by atoms with van der Waals surface area (Å²) in [5.74, 6) is 0.392. The maximum absolute atomic E-state index is 13.9. The summed E-state index contributed by atoms with van der Waals surface area (Å²) < 4.78 is 10.3. The predicted octanol–water partition coefficient (Wildman–Crippen LogP) is 5.02. The number of benzene rings is 2. The predicted molar refractivity (Wildman–Crippen MR) is 146 cm³/mol. The zero-order valence-electron chi connectivity index (χ0n) is 23.0. The Hall–Kier alpha value is -4.14. The topological polar surface area (TPSA) is 114 Å². The number of aryl methyl sites for hydroxylation is 3. The van der Waals surface area contributed by atoms with Crippen LogP contribution in [0.1, 0.15) is 62.1 Å². The molecule has 3 rings (SSSR count). The van der Waals surface area contributed by atoms with Gasteiger partial charge in [-0.15, -0.1) is 0 Å². The third-order valence-electron chi connectivity index (χ3n) is 5.78. The number of hydrogen-bond donors (Lipinski definition) is 2. The highest BCUT2D eigenvalue weighted by Crippen LogP contribution is 2.33. The summed E-state index contributed by atoms with van der Waals surface area (Å²) in [5.41, 5.74) is 2.54. The standard InChI is InChI=1S/C29H36N4O5/c1-18-8-13-23(19(2)16-18)33(26(35)15-14-25(34)30-24-17-20(3)38-32-24)27(28(36)31-29(4,5)6)21-9-11-22(37-7)12-10-21/h8-13,16-17,27H,14-15H2,1-7H3,(H,31,36)(H,30,32,34). The van der Waals surface area contributed by atoms with E-state index in [1.165, 1.54) is 4.90 Å². The molecule has 9 nitrogen and oxygen atoms in total. The highest BCUT2D eigenvalue weighted by molar-refractivity contribution is 6.03. The molecular formula is C29H36N4O5. The summed E-state index contributed by atoms with van der Waals surface area (Å²) in [6, 6.07) is 13.4. The summed E-state index contributed by atoms with van der Waals surface area (Å²) >= 11 is 0. The maximum atomic E-state index is 13.9. The number of carbonyl (C=O) groups is 3. The van der Waals surface area contributed by atoms with E-state index in [1.807, 2.05) is 52.8 Å². The number of aromatic nitrogens is 1. The van der Waals surface area contributed by atoms with Gasteiger partial charge in [0.05, 0.1) is 7.11 Å². The molecule has 2 aromatic carbocycles. The van der Waals surface area contributed by atoms with Gasteiger partial charge in [-0.05, 0) is 70.9 Å². The monoisotopic (exact) mass is 520 g/mol. The van der Waals surface area contributed by atoms with E-state index in [9.17, 15) is 14.4 Å². The first-order valence-corrected chi connectivity index (χ1v) is 12.5. The molecular weight excluding hydrogens is 484 g/mol. The fourth-order valence-electron chi connectivity index (χ4n) is 4.11. The summed E-state index contributed by atoms with van der Waals surface area (Å²) in [4.78, 5) is 41.7.